The summed E-state index contributed by atoms with van der Waals surface area (Å²) in [5.74, 6) is -0.463. The quantitative estimate of drug-likeness (QED) is 0.645. The number of benzene rings is 1. The first-order valence-corrected chi connectivity index (χ1v) is 9.90. The van der Waals surface area contributed by atoms with Gasteiger partial charge in [-0.15, -0.1) is 11.3 Å². The first-order chi connectivity index (χ1) is 13.1. The first-order valence-electron chi connectivity index (χ1n) is 7.76. The van der Waals surface area contributed by atoms with Crippen molar-refractivity contribution in [3.8, 4) is 11.3 Å². The minimum absolute atomic E-state index is 0.00140. The molecule has 0 bridgehead atoms. The van der Waals surface area contributed by atoms with Gasteiger partial charge in [0, 0.05) is 22.2 Å². The number of nitrogens with one attached hydrogen (secondary N) is 1. The van der Waals surface area contributed by atoms with E-state index in [1.807, 2.05) is 28.1 Å². The molecule has 132 valence electrons. The molecule has 0 saturated carbocycles. The van der Waals surface area contributed by atoms with E-state index in [1.54, 1.807) is 23.8 Å². The van der Waals surface area contributed by atoms with Gasteiger partial charge in [0.25, 0.3) is 5.91 Å². The number of aliphatic imine (C=N–C) groups is 1. The Labute approximate surface area is 166 Å². The zero-order chi connectivity index (χ0) is 18.5. The topological polar surface area (TPSA) is 86.2 Å². The molecule has 0 aliphatic carbocycles. The molecule has 27 heavy (non-hydrogen) atoms. The second kappa shape index (κ2) is 6.15. The molecule has 0 fully saturated rings. The SMILES string of the molecule is N=C1C(=Cc2c(-c3ccc(Cl)cc3)nc3sccn23)C(=O)N=C2SC=NN12. The third-order valence-electron chi connectivity index (χ3n) is 4.09. The van der Waals surface area contributed by atoms with Gasteiger partial charge in [0.05, 0.1) is 22.5 Å². The van der Waals surface area contributed by atoms with Crippen molar-refractivity contribution in [2.75, 3.05) is 0 Å². The Hall–Kier alpha value is -2.75. The molecule has 10 heteroatoms. The summed E-state index contributed by atoms with van der Waals surface area (Å²) in [4.78, 5) is 22.0. The summed E-state index contributed by atoms with van der Waals surface area (Å²) in [5, 5.41) is 16.8. The van der Waals surface area contributed by atoms with E-state index in [9.17, 15) is 4.79 Å². The number of imidazole rings is 1. The van der Waals surface area contributed by atoms with Gasteiger partial charge in [-0.3, -0.25) is 14.6 Å². The lowest BCUT2D eigenvalue weighted by Crippen LogP contribution is -2.35. The summed E-state index contributed by atoms with van der Waals surface area (Å²) in [5.41, 5.74) is 4.01. The summed E-state index contributed by atoms with van der Waals surface area (Å²) >= 11 is 8.71. The van der Waals surface area contributed by atoms with Crippen LogP contribution in [-0.2, 0) is 4.79 Å². The van der Waals surface area contributed by atoms with Crippen LogP contribution >= 0.6 is 34.7 Å². The Balaban J connectivity index is 1.70. The Morgan fingerprint density at radius 3 is 2.85 bits per heavy atom. The second-order valence-electron chi connectivity index (χ2n) is 5.66. The van der Waals surface area contributed by atoms with Crippen LogP contribution in [0.4, 0.5) is 0 Å². The van der Waals surface area contributed by atoms with Crippen molar-refractivity contribution in [3.05, 3.63) is 52.1 Å². The summed E-state index contributed by atoms with van der Waals surface area (Å²) in [6, 6.07) is 7.34. The highest BCUT2D eigenvalue weighted by Crippen LogP contribution is 2.31. The number of fused-ring (bicyclic) bond motifs is 2. The number of thiazole rings is 1. The average Bonchev–Trinajstić information content (AvgIpc) is 3.36. The number of carbonyl (C=O) groups excluding carboxylic acids is 1. The highest BCUT2D eigenvalue weighted by molar-refractivity contribution is 8.25. The zero-order valence-corrected chi connectivity index (χ0v) is 15.8. The van der Waals surface area contributed by atoms with E-state index in [4.69, 9.17) is 17.0 Å². The molecule has 0 saturated heterocycles. The van der Waals surface area contributed by atoms with Gasteiger partial charge < -0.3 is 0 Å². The number of amidine groups is 2. The van der Waals surface area contributed by atoms with Gasteiger partial charge in [0.15, 0.2) is 16.0 Å². The number of carbonyl (C=O) groups is 1. The Morgan fingerprint density at radius 1 is 1.22 bits per heavy atom. The Bertz CT molecular complexity index is 1200. The van der Waals surface area contributed by atoms with Crippen molar-refractivity contribution < 1.29 is 4.79 Å². The van der Waals surface area contributed by atoms with Crippen LogP contribution < -0.4 is 0 Å². The molecule has 2 aromatic heterocycles. The van der Waals surface area contributed by atoms with Gasteiger partial charge in [-0.25, -0.2) is 4.98 Å². The minimum atomic E-state index is -0.462. The van der Waals surface area contributed by atoms with Gasteiger partial charge in [0.1, 0.15) is 0 Å². The fraction of sp³-hybridized carbons (Fsp3) is 0. The maximum absolute atomic E-state index is 12.5. The molecule has 3 aromatic rings. The maximum Gasteiger partial charge on any atom is 0.283 e. The molecule has 0 unspecified atom stereocenters. The van der Waals surface area contributed by atoms with Crippen LogP contribution in [0.25, 0.3) is 22.3 Å². The Morgan fingerprint density at radius 2 is 2.04 bits per heavy atom. The van der Waals surface area contributed by atoms with E-state index >= 15 is 0 Å². The monoisotopic (exact) mass is 412 g/mol. The molecule has 2 aliphatic rings. The summed E-state index contributed by atoms with van der Waals surface area (Å²) in [6.45, 7) is 0. The molecular weight excluding hydrogens is 404 g/mol. The first kappa shape index (κ1) is 16.4. The van der Waals surface area contributed by atoms with Crippen molar-refractivity contribution in [1.29, 1.82) is 5.41 Å². The van der Waals surface area contributed by atoms with Crippen molar-refractivity contribution in [2.24, 2.45) is 10.1 Å². The molecule has 5 rings (SSSR count). The summed E-state index contributed by atoms with van der Waals surface area (Å²) in [7, 11) is 0. The molecular formula is C17H9ClN6OS2. The van der Waals surface area contributed by atoms with Crippen molar-refractivity contribution in [3.63, 3.8) is 0 Å². The lowest BCUT2D eigenvalue weighted by atomic mass is 10.1. The number of rotatable bonds is 2. The number of amides is 1. The van der Waals surface area contributed by atoms with E-state index in [2.05, 4.69) is 15.1 Å². The van der Waals surface area contributed by atoms with Gasteiger partial charge in [-0.05, 0) is 30.0 Å². The number of thioether (sulfide) groups is 1. The molecule has 1 N–H and O–H groups in total. The summed E-state index contributed by atoms with van der Waals surface area (Å²) < 4.78 is 1.89. The predicted octanol–water partition coefficient (Wildman–Crippen LogP) is 3.97. The fourth-order valence-corrected chi connectivity index (χ4v) is 4.29. The lowest BCUT2D eigenvalue weighted by Gasteiger charge is -2.20. The molecule has 0 radical (unpaired) electrons. The smallest absolute Gasteiger partial charge is 0.283 e. The fourth-order valence-electron chi connectivity index (χ4n) is 2.83. The van der Waals surface area contributed by atoms with Crippen molar-refractivity contribution in [2.45, 2.75) is 0 Å². The molecule has 0 spiro atoms. The molecule has 7 nitrogen and oxygen atoms in total. The average molecular weight is 413 g/mol. The number of halogens is 1. The molecule has 2 aliphatic heterocycles. The third-order valence-corrected chi connectivity index (χ3v) is 5.78. The van der Waals surface area contributed by atoms with Crippen LogP contribution in [0.3, 0.4) is 0 Å². The number of hydrogen-bond acceptors (Lipinski definition) is 6. The van der Waals surface area contributed by atoms with Gasteiger partial charge in [-0.1, -0.05) is 23.7 Å². The molecule has 4 heterocycles. The van der Waals surface area contributed by atoms with E-state index in [1.165, 1.54) is 28.1 Å². The normalized spacial score (nSPS) is 17.9. The highest BCUT2D eigenvalue weighted by atomic mass is 35.5. The summed E-state index contributed by atoms with van der Waals surface area (Å²) in [6.07, 6.45) is 3.54. The van der Waals surface area contributed by atoms with E-state index < -0.39 is 5.91 Å². The number of hydrazone groups is 1. The van der Waals surface area contributed by atoms with Crippen LogP contribution in [0.2, 0.25) is 5.02 Å². The molecule has 1 amide bonds. The predicted molar refractivity (Wildman–Crippen MR) is 110 cm³/mol. The maximum atomic E-state index is 12.5. The largest absolute Gasteiger partial charge is 0.290 e. The van der Waals surface area contributed by atoms with Crippen LogP contribution in [0.5, 0.6) is 0 Å². The van der Waals surface area contributed by atoms with Crippen LogP contribution in [0.15, 0.2) is 51.5 Å². The molecule has 0 atom stereocenters. The zero-order valence-electron chi connectivity index (χ0n) is 13.5. The lowest BCUT2D eigenvalue weighted by molar-refractivity contribution is -0.114. The standard InChI is InChI=1S/C17H9ClN6OS2/c18-10-3-1-9(2-4-10)13-12(23-5-6-26-16(23)21-13)7-11-14(19)24-17(22-15(11)25)27-8-20-24/h1-8,19H. The van der Waals surface area contributed by atoms with E-state index in [0.717, 1.165) is 10.5 Å². The van der Waals surface area contributed by atoms with Gasteiger partial charge in [0.2, 0.25) is 0 Å². The highest BCUT2D eigenvalue weighted by Gasteiger charge is 2.33. The second-order valence-corrected chi connectivity index (χ2v) is 7.79. The van der Waals surface area contributed by atoms with Crippen LogP contribution in [0, 0.1) is 5.41 Å². The third kappa shape index (κ3) is 2.62. The minimum Gasteiger partial charge on any atom is -0.290 e. The van der Waals surface area contributed by atoms with Crippen LogP contribution in [-0.4, -0.2) is 36.9 Å². The van der Waals surface area contributed by atoms with Gasteiger partial charge in [-0.2, -0.15) is 15.1 Å². The van der Waals surface area contributed by atoms with E-state index in [0.29, 0.717) is 21.6 Å². The van der Waals surface area contributed by atoms with Crippen LogP contribution in [0.1, 0.15) is 5.69 Å². The number of nitrogens with zero attached hydrogens (tertiary/aromatic N) is 5. The molecule has 1 aromatic carbocycles. The van der Waals surface area contributed by atoms with Crippen molar-refractivity contribution in [1.82, 2.24) is 14.4 Å². The van der Waals surface area contributed by atoms with Crippen molar-refractivity contribution >= 4 is 68.2 Å². The Kier molecular flexibility index (Phi) is 3.74. The number of hydrogen-bond donors (Lipinski definition) is 1. The van der Waals surface area contributed by atoms with Gasteiger partial charge >= 0.3 is 0 Å². The van der Waals surface area contributed by atoms with E-state index in [-0.39, 0.29) is 11.4 Å². The number of aromatic nitrogens is 2.